The minimum absolute atomic E-state index is 0.455. The minimum Gasteiger partial charge on any atom is -0.351 e. The van der Waals surface area contributed by atoms with Gasteiger partial charge >= 0.3 is 0 Å². The van der Waals surface area contributed by atoms with Crippen molar-refractivity contribution < 1.29 is 0 Å². The first kappa shape index (κ1) is 10.6. The molecule has 2 heterocycles. The van der Waals surface area contributed by atoms with Crippen molar-refractivity contribution in [1.82, 2.24) is 15.3 Å². The zero-order chi connectivity index (χ0) is 10.7. The number of aromatic nitrogens is 2. The van der Waals surface area contributed by atoms with Crippen LogP contribution in [0.1, 0.15) is 13.3 Å². The third-order valence-electron chi connectivity index (χ3n) is 2.70. The van der Waals surface area contributed by atoms with Crippen LogP contribution in [0.15, 0.2) is 12.4 Å². The third-order valence-corrected chi connectivity index (χ3v) is 2.88. The maximum absolute atomic E-state index is 5.84. The lowest BCUT2D eigenvalue weighted by molar-refractivity contribution is 0.639. The van der Waals surface area contributed by atoms with E-state index in [4.69, 9.17) is 11.6 Å². The second-order valence-corrected chi connectivity index (χ2v) is 4.02. The van der Waals surface area contributed by atoms with Crippen LogP contribution < -0.4 is 10.2 Å². The number of halogens is 1. The maximum Gasteiger partial charge on any atom is 0.149 e. The molecule has 1 aliphatic heterocycles. The van der Waals surface area contributed by atoms with E-state index in [1.807, 2.05) is 0 Å². The van der Waals surface area contributed by atoms with Gasteiger partial charge in [-0.05, 0) is 19.9 Å². The number of anilines is 1. The van der Waals surface area contributed by atoms with Crippen LogP contribution >= 0.6 is 11.6 Å². The Hall–Kier alpha value is -0.870. The van der Waals surface area contributed by atoms with E-state index in [9.17, 15) is 0 Å². The summed E-state index contributed by atoms with van der Waals surface area (Å²) >= 11 is 5.84. The summed E-state index contributed by atoms with van der Waals surface area (Å²) in [6.45, 7) is 5.15. The van der Waals surface area contributed by atoms with Crippen LogP contribution in [0.25, 0.3) is 0 Å². The van der Waals surface area contributed by atoms with Gasteiger partial charge in [-0.2, -0.15) is 0 Å². The molecule has 1 unspecified atom stereocenters. The van der Waals surface area contributed by atoms with Crippen LogP contribution in [0.3, 0.4) is 0 Å². The molecule has 82 valence electrons. The fourth-order valence-electron chi connectivity index (χ4n) is 1.98. The van der Waals surface area contributed by atoms with E-state index in [0.29, 0.717) is 11.2 Å². The van der Waals surface area contributed by atoms with Gasteiger partial charge in [-0.25, -0.2) is 4.98 Å². The van der Waals surface area contributed by atoms with Gasteiger partial charge < -0.3 is 10.2 Å². The Labute approximate surface area is 94.7 Å². The van der Waals surface area contributed by atoms with E-state index in [1.54, 1.807) is 12.4 Å². The Morgan fingerprint density at radius 1 is 1.60 bits per heavy atom. The molecule has 1 N–H and O–H groups in total. The standard InChI is InChI=1S/C10H15ClN4/c1-2-15(8-3-4-12-5-8)10-7-13-6-9(11)14-10/h6-8,12H,2-5H2,1H3. The highest BCUT2D eigenvalue weighted by Gasteiger charge is 2.22. The summed E-state index contributed by atoms with van der Waals surface area (Å²) in [6.07, 6.45) is 4.49. The first-order valence-electron chi connectivity index (χ1n) is 5.26. The number of nitrogens with one attached hydrogen (secondary N) is 1. The Kier molecular flexibility index (Phi) is 3.38. The summed E-state index contributed by atoms with van der Waals surface area (Å²) in [5, 5.41) is 3.80. The quantitative estimate of drug-likeness (QED) is 0.844. The van der Waals surface area contributed by atoms with Crippen molar-refractivity contribution in [3.05, 3.63) is 17.5 Å². The van der Waals surface area contributed by atoms with Crippen molar-refractivity contribution in [1.29, 1.82) is 0 Å². The Morgan fingerprint density at radius 2 is 2.47 bits per heavy atom. The van der Waals surface area contributed by atoms with Crippen LogP contribution in [0.4, 0.5) is 5.82 Å². The Bertz CT molecular complexity index is 325. The van der Waals surface area contributed by atoms with Crippen LogP contribution in [0.2, 0.25) is 5.15 Å². The maximum atomic E-state index is 5.84. The van der Waals surface area contributed by atoms with Crippen molar-refractivity contribution in [2.45, 2.75) is 19.4 Å². The molecule has 0 radical (unpaired) electrons. The zero-order valence-electron chi connectivity index (χ0n) is 8.78. The van der Waals surface area contributed by atoms with Gasteiger partial charge in [0.2, 0.25) is 0 Å². The molecular weight excluding hydrogens is 212 g/mol. The Morgan fingerprint density at radius 3 is 3.07 bits per heavy atom. The van der Waals surface area contributed by atoms with Crippen molar-refractivity contribution in [2.75, 3.05) is 24.5 Å². The Balaban J connectivity index is 2.18. The fourth-order valence-corrected chi connectivity index (χ4v) is 2.13. The van der Waals surface area contributed by atoms with E-state index in [0.717, 1.165) is 31.9 Å². The van der Waals surface area contributed by atoms with Crippen LogP contribution in [0.5, 0.6) is 0 Å². The first-order chi connectivity index (χ1) is 7.31. The van der Waals surface area contributed by atoms with Gasteiger partial charge in [-0.1, -0.05) is 11.6 Å². The second kappa shape index (κ2) is 4.77. The monoisotopic (exact) mass is 226 g/mol. The van der Waals surface area contributed by atoms with E-state index in [-0.39, 0.29) is 0 Å². The van der Waals surface area contributed by atoms with Gasteiger partial charge in [-0.15, -0.1) is 0 Å². The minimum atomic E-state index is 0.455. The first-order valence-corrected chi connectivity index (χ1v) is 5.64. The lowest BCUT2D eigenvalue weighted by atomic mass is 10.2. The number of likely N-dealkylation sites (N-methyl/N-ethyl adjacent to an activating group) is 1. The SMILES string of the molecule is CCN(c1cncc(Cl)n1)C1CCNC1. The average Bonchev–Trinajstić information content (AvgIpc) is 2.72. The third kappa shape index (κ3) is 2.38. The summed E-state index contributed by atoms with van der Waals surface area (Å²) in [7, 11) is 0. The van der Waals surface area contributed by atoms with Gasteiger partial charge in [0, 0.05) is 19.1 Å². The molecule has 1 aromatic heterocycles. The largest absolute Gasteiger partial charge is 0.351 e. The number of hydrogen-bond acceptors (Lipinski definition) is 4. The van der Waals surface area contributed by atoms with Crippen LogP contribution in [-0.4, -0.2) is 35.6 Å². The molecule has 1 atom stereocenters. The molecule has 15 heavy (non-hydrogen) atoms. The fraction of sp³-hybridized carbons (Fsp3) is 0.600. The lowest BCUT2D eigenvalue weighted by Crippen LogP contribution is -2.37. The molecule has 0 spiro atoms. The average molecular weight is 227 g/mol. The molecule has 1 aromatic rings. The molecule has 5 heteroatoms. The van der Waals surface area contributed by atoms with Crippen molar-refractivity contribution in [2.24, 2.45) is 0 Å². The number of rotatable bonds is 3. The van der Waals surface area contributed by atoms with Gasteiger partial charge in [0.05, 0.1) is 12.4 Å². The molecular formula is C10H15ClN4. The highest BCUT2D eigenvalue weighted by Crippen LogP contribution is 2.18. The topological polar surface area (TPSA) is 41.1 Å². The van der Waals surface area contributed by atoms with Gasteiger partial charge in [-0.3, -0.25) is 4.98 Å². The normalized spacial score (nSPS) is 20.5. The summed E-state index contributed by atoms with van der Waals surface area (Å²) in [5.41, 5.74) is 0. The molecule has 1 saturated heterocycles. The molecule has 0 aliphatic carbocycles. The van der Waals surface area contributed by atoms with Gasteiger partial charge in [0.15, 0.2) is 0 Å². The summed E-state index contributed by atoms with van der Waals surface area (Å²) in [6, 6.07) is 0.516. The smallest absolute Gasteiger partial charge is 0.149 e. The second-order valence-electron chi connectivity index (χ2n) is 3.63. The molecule has 0 aromatic carbocycles. The molecule has 0 amide bonds. The predicted molar refractivity (Wildman–Crippen MR) is 61.3 cm³/mol. The van der Waals surface area contributed by atoms with Crippen LogP contribution in [-0.2, 0) is 0 Å². The number of hydrogen-bond donors (Lipinski definition) is 1. The molecule has 1 fully saturated rings. The van der Waals surface area contributed by atoms with Crippen molar-refractivity contribution >= 4 is 17.4 Å². The zero-order valence-corrected chi connectivity index (χ0v) is 9.54. The van der Waals surface area contributed by atoms with E-state index in [1.165, 1.54) is 0 Å². The van der Waals surface area contributed by atoms with E-state index in [2.05, 4.69) is 27.1 Å². The molecule has 2 rings (SSSR count). The number of nitrogens with zero attached hydrogens (tertiary/aromatic N) is 3. The van der Waals surface area contributed by atoms with E-state index >= 15 is 0 Å². The lowest BCUT2D eigenvalue weighted by Gasteiger charge is -2.27. The predicted octanol–water partition coefficient (Wildman–Crippen LogP) is 1.32. The van der Waals surface area contributed by atoms with Crippen molar-refractivity contribution in [3.8, 4) is 0 Å². The highest BCUT2D eigenvalue weighted by molar-refractivity contribution is 6.29. The summed E-state index contributed by atoms with van der Waals surface area (Å²) in [5.74, 6) is 0.874. The van der Waals surface area contributed by atoms with E-state index < -0.39 is 0 Å². The summed E-state index contributed by atoms with van der Waals surface area (Å²) < 4.78 is 0. The molecule has 0 bridgehead atoms. The highest BCUT2D eigenvalue weighted by atomic mass is 35.5. The molecule has 0 saturated carbocycles. The van der Waals surface area contributed by atoms with Gasteiger partial charge in [0.1, 0.15) is 11.0 Å². The van der Waals surface area contributed by atoms with Crippen molar-refractivity contribution in [3.63, 3.8) is 0 Å². The van der Waals surface area contributed by atoms with Gasteiger partial charge in [0.25, 0.3) is 0 Å². The molecule has 1 aliphatic rings. The van der Waals surface area contributed by atoms with Crippen LogP contribution in [0, 0.1) is 0 Å². The summed E-state index contributed by atoms with van der Waals surface area (Å²) in [4.78, 5) is 10.6. The molecule has 4 nitrogen and oxygen atoms in total.